The first-order chi connectivity index (χ1) is 8.03. The predicted octanol–water partition coefficient (Wildman–Crippen LogP) is 2.28. The van der Waals surface area contributed by atoms with Crippen molar-refractivity contribution < 1.29 is 8.42 Å². The van der Waals surface area contributed by atoms with Gasteiger partial charge >= 0.3 is 0 Å². The minimum absolute atomic E-state index is 0.283. The molecule has 0 unspecified atom stereocenters. The van der Waals surface area contributed by atoms with Gasteiger partial charge in [0.2, 0.25) is 0 Å². The Hall–Kier alpha value is -0.900. The maximum Gasteiger partial charge on any atom is 0.251 e. The number of hydrogen-bond donors (Lipinski definition) is 1. The molecule has 0 saturated carbocycles. The van der Waals surface area contributed by atoms with Gasteiger partial charge < -0.3 is 0 Å². The molecule has 0 bridgehead atoms. The van der Waals surface area contributed by atoms with Crippen molar-refractivity contribution in [2.75, 3.05) is 0 Å². The molecule has 4 nitrogen and oxygen atoms in total. The van der Waals surface area contributed by atoms with Gasteiger partial charge in [-0.05, 0) is 25.0 Å². The molecule has 1 heterocycles. The van der Waals surface area contributed by atoms with Crippen molar-refractivity contribution in [3.05, 3.63) is 17.0 Å². The Bertz CT molecular complexity index is 500. The quantitative estimate of drug-likeness (QED) is 0.863. The van der Waals surface area contributed by atoms with E-state index in [0.29, 0.717) is 6.42 Å². The van der Waals surface area contributed by atoms with Crippen LogP contribution in [0, 0.1) is 11.3 Å². The second-order valence-corrected chi connectivity index (χ2v) is 6.78. The Kier molecular flexibility index (Phi) is 5.12. The van der Waals surface area contributed by atoms with Gasteiger partial charge in [-0.15, -0.1) is 11.3 Å². The summed E-state index contributed by atoms with van der Waals surface area (Å²) >= 11 is 1.25. The molecular formula is C11H16N2O2S2. The summed E-state index contributed by atoms with van der Waals surface area (Å²) in [6.07, 6.45) is 2.12. The van der Waals surface area contributed by atoms with Gasteiger partial charge in [-0.2, -0.15) is 9.98 Å². The number of nitrogens with one attached hydrogen (secondary N) is 1. The van der Waals surface area contributed by atoms with Gasteiger partial charge in [0.1, 0.15) is 10.3 Å². The molecule has 0 fully saturated rings. The lowest BCUT2D eigenvalue weighted by Crippen LogP contribution is -2.33. The van der Waals surface area contributed by atoms with E-state index < -0.39 is 16.1 Å². The molecule has 0 spiro atoms. The number of nitrogens with zero attached hydrogens (tertiary/aromatic N) is 1. The van der Waals surface area contributed by atoms with Gasteiger partial charge in [0.15, 0.2) is 0 Å². The van der Waals surface area contributed by atoms with Gasteiger partial charge in [0, 0.05) is 4.88 Å². The van der Waals surface area contributed by atoms with Crippen molar-refractivity contribution in [1.82, 2.24) is 4.72 Å². The normalized spacial score (nSPS) is 13.2. The van der Waals surface area contributed by atoms with Crippen LogP contribution in [-0.2, 0) is 16.4 Å². The monoisotopic (exact) mass is 272 g/mol. The van der Waals surface area contributed by atoms with Crippen LogP contribution in [0.1, 0.15) is 31.6 Å². The SMILES string of the molecule is CCC[C@H](C#N)NS(=O)(=O)c1ccc(CC)s1. The first kappa shape index (κ1) is 14.2. The highest BCUT2D eigenvalue weighted by molar-refractivity contribution is 7.91. The van der Waals surface area contributed by atoms with Crippen molar-refractivity contribution in [3.63, 3.8) is 0 Å². The van der Waals surface area contributed by atoms with Crippen molar-refractivity contribution in [2.45, 2.75) is 43.4 Å². The van der Waals surface area contributed by atoms with Crippen molar-refractivity contribution in [1.29, 1.82) is 5.26 Å². The third kappa shape index (κ3) is 3.80. The van der Waals surface area contributed by atoms with Gasteiger partial charge in [-0.3, -0.25) is 0 Å². The maximum atomic E-state index is 12.0. The van der Waals surface area contributed by atoms with Gasteiger partial charge in [0.05, 0.1) is 6.07 Å². The predicted molar refractivity (Wildman–Crippen MR) is 68.3 cm³/mol. The molecule has 0 saturated heterocycles. The standard InChI is InChI=1S/C11H16N2O2S2/c1-3-5-9(8-12)13-17(14,15)11-7-6-10(4-2)16-11/h6-7,9,13H,3-5H2,1-2H3/t9-/m1/s1. The molecule has 0 aromatic carbocycles. The van der Waals surface area contributed by atoms with Gasteiger partial charge in [0.25, 0.3) is 10.0 Å². The van der Waals surface area contributed by atoms with Crippen LogP contribution in [0.5, 0.6) is 0 Å². The van der Waals surface area contributed by atoms with Crippen LogP contribution in [0.4, 0.5) is 0 Å². The fourth-order valence-corrected chi connectivity index (χ4v) is 3.86. The highest BCUT2D eigenvalue weighted by atomic mass is 32.2. The maximum absolute atomic E-state index is 12.0. The third-order valence-electron chi connectivity index (χ3n) is 2.28. The van der Waals surface area contributed by atoms with Crippen LogP contribution in [0.15, 0.2) is 16.3 Å². The summed E-state index contributed by atoms with van der Waals surface area (Å²) in [5.41, 5.74) is 0. The van der Waals surface area contributed by atoms with E-state index >= 15 is 0 Å². The summed E-state index contributed by atoms with van der Waals surface area (Å²) in [7, 11) is -3.54. The first-order valence-corrected chi connectivity index (χ1v) is 7.84. The third-order valence-corrected chi connectivity index (χ3v) is 5.47. The second kappa shape index (κ2) is 6.15. The Balaban J connectivity index is 2.85. The lowest BCUT2D eigenvalue weighted by molar-refractivity contribution is 0.565. The summed E-state index contributed by atoms with van der Waals surface area (Å²) in [6.45, 7) is 3.89. The van der Waals surface area contributed by atoms with E-state index in [1.165, 1.54) is 11.3 Å². The van der Waals surface area contributed by atoms with E-state index in [1.54, 1.807) is 12.1 Å². The molecule has 1 aromatic rings. The van der Waals surface area contributed by atoms with Crippen molar-refractivity contribution >= 4 is 21.4 Å². The number of thiophene rings is 1. The molecule has 1 rings (SSSR count). The molecule has 0 amide bonds. The van der Waals surface area contributed by atoms with E-state index in [9.17, 15) is 8.42 Å². The largest absolute Gasteiger partial charge is 0.251 e. The lowest BCUT2D eigenvalue weighted by Gasteiger charge is -2.09. The van der Waals surface area contributed by atoms with E-state index in [2.05, 4.69) is 4.72 Å². The van der Waals surface area contributed by atoms with E-state index in [1.807, 2.05) is 19.9 Å². The van der Waals surface area contributed by atoms with Crippen LogP contribution in [-0.4, -0.2) is 14.5 Å². The summed E-state index contributed by atoms with van der Waals surface area (Å²) < 4.78 is 26.6. The second-order valence-electron chi connectivity index (χ2n) is 3.67. The average molecular weight is 272 g/mol. The number of nitriles is 1. The van der Waals surface area contributed by atoms with E-state index in [4.69, 9.17) is 5.26 Å². The zero-order valence-corrected chi connectivity index (χ0v) is 11.6. The molecule has 1 aromatic heterocycles. The summed E-state index contributed by atoms with van der Waals surface area (Å²) in [5.74, 6) is 0. The highest BCUT2D eigenvalue weighted by Crippen LogP contribution is 2.22. The Morgan fingerprint density at radius 3 is 2.65 bits per heavy atom. The first-order valence-electron chi connectivity index (χ1n) is 5.54. The minimum atomic E-state index is -3.54. The average Bonchev–Trinajstić information content (AvgIpc) is 2.77. The zero-order valence-electron chi connectivity index (χ0n) is 9.93. The molecular weight excluding hydrogens is 256 g/mol. The Labute approximate surface area is 106 Å². The minimum Gasteiger partial charge on any atom is -0.206 e. The number of aryl methyl sites for hydroxylation is 1. The zero-order chi connectivity index (χ0) is 12.9. The molecule has 6 heteroatoms. The molecule has 94 valence electrons. The van der Waals surface area contributed by atoms with E-state index in [-0.39, 0.29) is 4.21 Å². The topological polar surface area (TPSA) is 70.0 Å². The van der Waals surface area contributed by atoms with Gasteiger partial charge in [-0.1, -0.05) is 20.3 Å². The van der Waals surface area contributed by atoms with Crippen molar-refractivity contribution in [2.24, 2.45) is 0 Å². The summed E-state index contributed by atoms with van der Waals surface area (Å²) in [6, 6.07) is 4.72. The van der Waals surface area contributed by atoms with Crippen LogP contribution >= 0.6 is 11.3 Å². The Morgan fingerprint density at radius 1 is 1.47 bits per heavy atom. The lowest BCUT2D eigenvalue weighted by atomic mass is 10.2. The molecule has 0 aliphatic heterocycles. The molecule has 0 aliphatic rings. The molecule has 0 radical (unpaired) electrons. The molecule has 1 N–H and O–H groups in total. The fraction of sp³-hybridized carbons (Fsp3) is 0.545. The number of sulfonamides is 1. The smallest absolute Gasteiger partial charge is 0.206 e. The molecule has 17 heavy (non-hydrogen) atoms. The van der Waals surface area contributed by atoms with E-state index in [0.717, 1.165) is 17.7 Å². The highest BCUT2D eigenvalue weighted by Gasteiger charge is 2.20. The van der Waals surface area contributed by atoms with Crippen molar-refractivity contribution in [3.8, 4) is 6.07 Å². The van der Waals surface area contributed by atoms with Crippen LogP contribution in [0.25, 0.3) is 0 Å². The fourth-order valence-electron chi connectivity index (χ4n) is 1.38. The van der Waals surface area contributed by atoms with Crippen LogP contribution in [0.3, 0.4) is 0 Å². The van der Waals surface area contributed by atoms with Crippen LogP contribution in [0.2, 0.25) is 0 Å². The number of rotatable bonds is 6. The summed E-state index contributed by atoms with van der Waals surface area (Å²) in [4.78, 5) is 1.02. The van der Waals surface area contributed by atoms with Crippen LogP contribution < -0.4 is 4.72 Å². The summed E-state index contributed by atoms with van der Waals surface area (Å²) in [5, 5.41) is 8.85. The Morgan fingerprint density at radius 2 is 2.18 bits per heavy atom. The van der Waals surface area contributed by atoms with Gasteiger partial charge in [-0.25, -0.2) is 8.42 Å². The number of hydrogen-bond acceptors (Lipinski definition) is 4. The molecule has 1 atom stereocenters. The molecule has 0 aliphatic carbocycles.